The van der Waals surface area contributed by atoms with Gasteiger partial charge in [0.05, 0.1) is 17.7 Å². The van der Waals surface area contributed by atoms with Crippen LogP contribution in [0.25, 0.3) is 21.7 Å². The van der Waals surface area contributed by atoms with E-state index in [2.05, 4.69) is 9.97 Å². The van der Waals surface area contributed by atoms with Gasteiger partial charge in [-0.1, -0.05) is 0 Å². The largest absolute Gasteiger partial charge is 0.497 e. The zero-order chi connectivity index (χ0) is 23.2. The van der Waals surface area contributed by atoms with Crippen LogP contribution < -0.4 is 14.2 Å². The fourth-order valence-electron chi connectivity index (χ4n) is 3.14. The number of ether oxygens (including phenoxy) is 3. The van der Waals surface area contributed by atoms with Crippen molar-refractivity contribution in [3.05, 3.63) is 71.8 Å². The third-order valence-corrected chi connectivity index (χ3v) is 5.80. The molecule has 0 spiro atoms. The van der Waals surface area contributed by atoms with Crippen molar-refractivity contribution in [2.24, 2.45) is 0 Å². The Hall–Kier alpha value is -3.98. The predicted octanol–water partition coefficient (Wildman–Crippen LogP) is 4.63. The van der Waals surface area contributed by atoms with Crippen molar-refractivity contribution in [2.45, 2.75) is 13.5 Å². The molecule has 0 saturated heterocycles. The molecule has 2 aromatic carbocycles. The highest BCUT2D eigenvalue weighted by Gasteiger charge is 2.16. The predicted molar refractivity (Wildman–Crippen MR) is 124 cm³/mol. The van der Waals surface area contributed by atoms with Gasteiger partial charge in [-0.3, -0.25) is 0 Å². The number of nitrogens with zero attached hydrogens (tertiary/aromatic N) is 3. The first kappa shape index (κ1) is 22.2. The molecular weight excluding hydrogens is 442 g/mol. The highest BCUT2D eigenvalue weighted by Crippen LogP contribution is 2.37. The number of aryl methyl sites for hydroxylation is 1. The van der Waals surface area contributed by atoms with Crippen LogP contribution in [0.1, 0.15) is 10.6 Å². The minimum atomic E-state index is -1.02. The Morgan fingerprint density at radius 2 is 1.73 bits per heavy atom. The number of methoxy groups -OCH3 is 1. The van der Waals surface area contributed by atoms with Gasteiger partial charge in [0, 0.05) is 23.5 Å². The second-order valence-electron chi connectivity index (χ2n) is 7.04. The molecule has 4 aromatic rings. The van der Waals surface area contributed by atoms with E-state index < -0.39 is 5.97 Å². The summed E-state index contributed by atoms with van der Waals surface area (Å²) in [5, 5.41) is 9.57. The smallest absolute Gasteiger partial charge is 0.341 e. The standard InChI is InChI=1S/C24H21N3O5S/c1-15-9-19(7-8-20(15)32-13-22(28)29)31-12-21-27-23(16-3-5-18(30-2)6-4-16)24(33-21)17-10-25-14-26-11-17/h3-11,14H,12-13H2,1-2H3,(H,28,29). The Kier molecular flexibility index (Phi) is 6.80. The summed E-state index contributed by atoms with van der Waals surface area (Å²) in [6.07, 6.45) is 5.02. The number of aromatic nitrogens is 3. The van der Waals surface area contributed by atoms with E-state index in [0.717, 1.165) is 38.0 Å². The lowest BCUT2D eigenvalue weighted by molar-refractivity contribution is -0.139. The Labute approximate surface area is 194 Å². The van der Waals surface area contributed by atoms with Crippen molar-refractivity contribution < 1.29 is 24.1 Å². The second kappa shape index (κ2) is 10.1. The number of benzene rings is 2. The van der Waals surface area contributed by atoms with Gasteiger partial charge in [0.15, 0.2) is 6.61 Å². The minimum Gasteiger partial charge on any atom is -0.497 e. The highest BCUT2D eigenvalue weighted by atomic mass is 32.1. The number of carbonyl (C=O) groups is 1. The van der Waals surface area contributed by atoms with Crippen LogP contribution in [0.15, 0.2) is 61.2 Å². The van der Waals surface area contributed by atoms with Gasteiger partial charge in [-0.25, -0.2) is 19.7 Å². The topological polar surface area (TPSA) is 104 Å². The molecule has 0 aliphatic heterocycles. The van der Waals surface area contributed by atoms with Crippen LogP contribution in [0.5, 0.6) is 17.2 Å². The van der Waals surface area contributed by atoms with Crippen molar-refractivity contribution in [2.75, 3.05) is 13.7 Å². The van der Waals surface area contributed by atoms with Crippen LogP contribution >= 0.6 is 11.3 Å². The first-order valence-electron chi connectivity index (χ1n) is 10.0. The highest BCUT2D eigenvalue weighted by molar-refractivity contribution is 7.15. The first-order chi connectivity index (χ1) is 16.0. The lowest BCUT2D eigenvalue weighted by Gasteiger charge is -2.09. The molecule has 0 unspecified atom stereocenters. The summed E-state index contributed by atoms with van der Waals surface area (Å²) in [6.45, 7) is 1.72. The number of hydrogen-bond acceptors (Lipinski definition) is 8. The van der Waals surface area contributed by atoms with Crippen molar-refractivity contribution in [3.8, 4) is 38.9 Å². The monoisotopic (exact) mass is 463 g/mol. The Bertz CT molecular complexity index is 1240. The summed E-state index contributed by atoms with van der Waals surface area (Å²) >= 11 is 1.52. The zero-order valence-electron chi connectivity index (χ0n) is 18.0. The van der Waals surface area contributed by atoms with E-state index in [1.54, 1.807) is 37.7 Å². The number of thiazole rings is 1. The Morgan fingerprint density at radius 3 is 2.39 bits per heavy atom. The van der Waals surface area contributed by atoms with Gasteiger partial charge in [-0.15, -0.1) is 11.3 Å². The third kappa shape index (κ3) is 5.45. The van der Waals surface area contributed by atoms with E-state index in [1.807, 2.05) is 31.2 Å². The molecule has 0 aliphatic rings. The fourth-order valence-corrected chi connectivity index (χ4v) is 4.11. The number of rotatable bonds is 9. The van der Waals surface area contributed by atoms with Gasteiger partial charge in [-0.2, -0.15) is 0 Å². The second-order valence-corrected chi connectivity index (χ2v) is 8.12. The molecule has 33 heavy (non-hydrogen) atoms. The van der Waals surface area contributed by atoms with Crippen molar-refractivity contribution in [1.29, 1.82) is 0 Å². The van der Waals surface area contributed by atoms with Crippen LogP contribution in [0.3, 0.4) is 0 Å². The quantitative estimate of drug-likeness (QED) is 0.383. The average molecular weight is 464 g/mol. The van der Waals surface area contributed by atoms with Gasteiger partial charge in [-0.05, 0) is 55.0 Å². The molecule has 0 bridgehead atoms. The van der Waals surface area contributed by atoms with Crippen LogP contribution in [-0.4, -0.2) is 39.7 Å². The molecule has 0 saturated carbocycles. The van der Waals surface area contributed by atoms with E-state index in [1.165, 1.54) is 17.7 Å². The van der Waals surface area contributed by atoms with Gasteiger partial charge < -0.3 is 19.3 Å². The Morgan fingerprint density at radius 1 is 1.00 bits per heavy atom. The van der Waals surface area contributed by atoms with E-state index in [-0.39, 0.29) is 13.2 Å². The molecule has 8 nitrogen and oxygen atoms in total. The molecule has 2 heterocycles. The number of hydrogen-bond donors (Lipinski definition) is 1. The van der Waals surface area contributed by atoms with Gasteiger partial charge in [0.25, 0.3) is 0 Å². The first-order valence-corrected chi connectivity index (χ1v) is 10.8. The SMILES string of the molecule is COc1ccc(-c2nc(COc3ccc(OCC(=O)O)c(C)c3)sc2-c2cncnc2)cc1. The molecule has 9 heteroatoms. The molecule has 4 rings (SSSR count). The zero-order valence-corrected chi connectivity index (χ0v) is 18.8. The summed E-state index contributed by atoms with van der Waals surface area (Å²) in [4.78, 5) is 24.8. The summed E-state index contributed by atoms with van der Waals surface area (Å²) < 4.78 is 16.5. The minimum absolute atomic E-state index is 0.274. The van der Waals surface area contributed by atoms with Crippen LogP contribution in [0, 0.1) is 6.92 Å². The lowest BCUT2D eigenvalue weighted by atomic mass is 10.1. The van der Waals surface area contributed by atoms with Crippen molar-refractivity contribution in [3.63, 3.8) is 0 Å². The average Bonchev–Trinajstić information content (AvgIpc) is 3.27. The molecule has 1 N–H and O–H groups in total. The normalized spacial score (nSPS) is 10.6. The lowest BCUT2D eigenvalue weighted by Crippen LogP contribution is -2.10. The van der Waals surface area contributed by atoms with Crippen molar-refractivity contribution in [1.82, 2.24) is 15.0 Å². The number of aliphatic carboxylic acids is 1. The Balaban J connectivity index is 1.56. The van der Waals surface area contributed by atoms with E-state index >= 15 is 0 Å². The summed E-state index contributed by atoms with van der Waals surface area (Å²) in [5.74, 6) is 0.896. The fraction of sp³-hybridized carbons (Fsp3) is 0.167. The molecule has 168 valence electrons. The summed E-state index contributed by atoms with van der Waals surface area (Å²) in [5.41, 5.74) is 3.44. The van der Waals surface area contributed by atoms with Gasteiger partial charge in [0.1, 0.15) is 35.2 Å². The molecule has 0 radical (unpaired) electrons. The van der Waals surface area contributed by atoms with Crippen LogP contribution in [-0.2, 0) is 11.4 Å². The van der Waals surface area contributed by atoms with Crippen LogP contribution in [0.4, 0.5) is 0 Å². The van der Waals surface area contributed by atoms with Gasteiger partial charge in [0.2, 0.25) is 0 Å². The molecule has 0 atom stereocenters. The number of carboxylic acid groups (broad SMARTS) is 1. The summed E-state index contributed by atoms with van der Waals surface area (Å²) in [7, 11) is 1.63. The maximum Gasteiger partial charge on any atom is 0.341 e. The molecule has 2 aromatic heterocycles. The number of carboxylic acids is 1. The maximum absolute atomic E-state index is 10.7. The van der Waals surface area contributed by atoms with E-state index in [4.69, 9.17) is 24.3 Å². The maximum atomic E-state index is 10.7. The van der Waals surface area contributed by atoms with E-state index in [0.29, 0.717) is 11.5 Å². The summed E-state index contributed by atoms with van der Waals surface area (Å²) in [6, 6.07) is 13.0. The third-order valence-electron chi connectivity index (χ3n) is 4.72. The molecule has 0 fully saturated rings. The molecular formula is C24H21N3O5S. The van der Waals surface area contributed by atoms with E-state index in [9.17, 15) is 4.79 Å². The molecule has 0 aliphatic carbocycles. The van der Waals surface area contributed by atoms with Crippen LogP contribution in [0.2, 0.25) is 0 Å². The van der Waals surface area contributed by atoms with Gasteiger partial charge >= 0.3 is 5.97 Å². The van der Waals surface area contributed by atoms with Crippen molar-refractivity contribution >= 4 is 17.3 Å². The molecule has 0 amide bonds.